The first kappa shape index (κ1) is 31.0. The SMILES string of the molecule is CCCCCCN(C(=O)C(CS)NC(=O)OC(C)(C)C)C(C(=O)NCc1ccccc1)c1ccccc1O. The Morgan fingerprint density at radius 3 is 2.26 bits per heavy atom. The van der Waals surface area contributed by atoms with Gasteiger partial charge in [-0.15, -0.1) is 0 Å². The zero-order valence-corrected chi connectivity index (χ0v) is 23.7. The lowest BCUT2D eigenvalue weighted by molar-refractivity contribution is -0.142. The number of thiol groups is 1. The molecule has 3 N–H and O–H groups in total. The predicted octanol–water partition coefficient (Wildman–Crippen LogP) is 4.98. The van der Waals surface area contributed by atoms with Gasteiger partial charge >= 0.3 is 6.09 Å². The van der Waals surface area contributed by atoms with Gasteiger partial charge in [0, 0.05) is 24.4 Å². The molecule has 3 amide bonds. The van der Waals surface area contributed by atoms with Crippen molar-refractivity contribution < 1.29 is 24.2 Å². The van der Waals surface area contributed by atoms with Gasteiger partial charge in [-0.2, -0.15) is 12.6 Å². The molecule has 0 saturated heterocycles. The number of carbonyl (C=O) groups is 3. The number of aromatic hydroxyl groups is 1. The van der Waals surface area contributed by atoms with E-state index in [9.17, 15) is 19.5 Å². The summed E-state index contributed by atoms with van der Waals surface area (Å²) in [7, 11) is 0. The highest BCUT2D eigenvalue weighted by atomic mass is 32.1. The molecule has 2 aromatic rings. The van der Waals surface area contributed by atoms with E-state index in [1.165, 1.54) is 11.0 Å². The van der Waals surface area contributed by atoms with Crippen LogP contribution in [0.5, 0.6) is 5.75 Å². The van der Waals surface area contributed by atoms with E-state index in [1.807, 2.05) is 30.3 Å². The quantitative estimate of drug-likeness (QED) is 0.211. The number of ether oxygens (including phenoxy) is 1. The Kier molecular flexibility index (Phi) is 12.5. The Morgan fingerprint density at radius 1 is 1.00 bits per heavy atom. The first-order chi connectivity index (χ1) is 18.1. The lowest BCUT2D eigenvalue weighted by atomic mass is 10.0. The Labute approximate surface area is 231 Å². The van der Waals surface area contributed by atoms with Gasteiger partial charge in [-0.3, -0.25) is 9.59 Å². The molecule has 208 valence electrons. The second kappa shape index (κ2) is 15.3. The summed E-state index contributed by atoms with van der Waals surface area (Å²) in [5.41, 5.74) is 0.457. The number of phenolic OH excluding ortho intramolecular Hbond substituents is 1. The second-order valence-electron chi connectivity index (χ2n) is 10.1. The third kappa shape index (κ3) is 9.93. The summed E-state index contributed by atoms with van der Waals surface area (Å²) in [6, 6.07) is 13.8. The van der Waals surface area contributed by atoms with Crippen LogP contribution in [0.15, 0.2) is 54.6 Å². The third-order valence-electron chi connectivity index (χ3n) is 5.81. The fraction of sp³-hybridized carbons (Fsp3) is 0.483. The molecule has 0 heterocycles. The number of para-hydroxylation sites is 1. The van der Waals surface area contributed by atoms with E-state index in [-0.39, 0.29) is 24.6 Å². The van der Waals surface area contributed by atoms with Crippen LogP contribution in [-0.2, 0) is 20.9 Å². The number of nitrogens with one attached hydrogen (secondary N) is 2. The number of nitrogens with zero attached hydrogens (tertiary/aromatic N) is 1. The molecule has 0 radical (unpaired) electrons. The van der Waals surface area contributed by atoms with Crippen molar-refractivity contribution in [1.29, 1.82) is 0 Å². The van der Waals surface area contributed by atoms with Gasteiger partial charge in [0.1, 0.15) is 23.4 Å². The van der Waals surface area contributed by atoms with Crippen LogP contribution in [0, 0.1) is 0 Å². The average Bonchev–Trinajstić information content (AvgIpc) is 2.87. The van der Waals surface area contributed by atoms with Crippen LogP contribution in [0.3, 0.4) is 0 Å². The highest BCUT2D eigenvalue weighted by Gasteiger charge is 2.36. The fourth-order valence-corrected chi connectivity index (χ4v) is 4.21. The van der Waals surface area contributed by atoms with Gasteiger partial charge in [0.05, 0.1) is 0 Å². The van der Waals surface area contributed by atoms with E-state index >= 15 is 0 Å². The highest BCUT2D eigenvalue weighted by molar-refractivity contribution is 7.80. The minimum atomic E-state index is -1.11. The number of phenols is 1. The summed E-state index contributed by atoms with van der Waals surface area (Å²) in [4.78, 5) is 41.5. The minimum Gasteiger partial charge on any atom is -0.508 e. The van der Waals surface area contributed by atoms with Crippen molar-refractivity contribution in [2.75, 3.05) is 12.3 Å². The number of amides is 3. The van der Waals surface area contributed by atoms with E-state index < -0.39 is 35.6 Å². The molecule has 2 aromatic carbocycles. The molecule has 0 aromatic heterocycles. The summed E-state index contributed by atoms with van der Waals surface area (Å²) < 4.78 is 5.34. The largest absolute Gasteiger partial charge is 0.508 e. The highest BCUT2D eigenvalue weighted by Crippen LogP contribution is 2.30. The summed E-state index contributed by atoms with van der Waals surface area (Å²) in [6.45, 7) is 7.80. The van der Waals surface area contributed by atoms with Crippen LogP contribution >= 0.6 is 12.6 Å². The number of benzene rings is 2. The lowest BCUT2D eigenvalue weighted by Crippen LogP contribution is -2.54. The maximum absolute atomic E-state index is 13.9. The van der Waals surface area contributed by atoms with Crippen LogP contribution in [0.4, 0.5) is 4.79 Å². The van der Waals surface area contributed by atoms with Crippen molar-refractivity contribution in [1.82, 2.24) is 15.5 Å². The molecule has 0 aliphatic carbocycles. The molecule has 0 aliphatic heterocycles. The average molecular weight is 544 g/mol. The topological polar surface area (TPSA) is 108 Å². The van der Waals surface area contributed by atoms with Crippen LogP contribution in [0.1, 0.15) is 70.5 Å². The Balaban J connectivity index is 2.41. The normalized spacial score (nSPS) is 12.8. The Bertz CT molecular complexity index is 1040. The van der Waals surface area contributed by atoms with Gasteiger partial charge in [-0.05, 0) is 38.8 Å². The smallest absolute Gasteiger partial charge is 0.408 e. The molecule has 0 aliphatic rings. The van der Waals surface area contributed by atoms with Gasteiger partial charge in [0.15, 0.2) is 0 Å². The number of carbonyl (C=O) groups excluding carboxylic acids is 3. The molecule has 0 fully saturated rings. The standard InChI is InChI=1S/C29H41N3O5S/c1-5-6-7-13-18-32(27(35)23(20-38)31-28(36)37-29(2,3)4)25(22-16-11-12-17-24(22)33)26(34)30-19-21-14-9-8-10-15-21/h8-12,14-17,23,25,33,38H,5-7,13,18-20H2,1-4H3,(H,30,34)(H,31,36). The first-order valence-corrected chi connectivity index (χ1v) is 13.7. The molecule has 9 heteroatoms. The lowest BCUT2D eigenvalue weighted by Gasteiger charge is -2.34. The summed E-state index contributed by atoms with van der Waals surface area (Å²) in [5.74, 6) is -1.01. The molecule has 2 atom stereocenters. The van der Waals surface area contributed by atoms with Gasteiger partial charge in [-0.1, -0.05) is 74.7 Å². The molecule has 0 saturated carbocycles. The van der Waals surface area contributed by atoms with E-state index in [2.05, 4.69) is 30.2 Å². The number of alkyl carbamates (subject to hydrolysis) is 1. The number of hydrogen-bond acceptors (Lipinski definition) is 6. The molecular formula is C29H41N3O5S. The van der Waals surface area contributed by atoms with E-state index in [0.717, 1.165) is 24.8 Å². The van der Waals surface area contributed by atoms with Crippen LogP contribution in [0.25, 0.3) is 0 Å². The van der Waals surface area contributed by atoms with Crippen LogP contribution in [0.2, 0.25) is 0 Å². The maximum atomic E-state index is 13.9. The van der Waals surface area contributed by atoms with Crippen molar-refractivity contribution in [3.8, 4) is 5.75 Å². The van der Waals surface area contributed by atoms with Crippen molar-refractivity contribution >= 4 is 30.5 Å². The zero-order valence-electron chi connectivity index (χ0n) is 22.8. The van der Waals surface area contributed by atoms with Gasteiger partial charge in [-0.25, -0.2) is 4.79 Å². The second-order valence-corrected chi connectivity index (χ2v) is 10.5. The Hall–Kier alpha value is -3.20. The monoisotopic (exact) mass is 543 g/mol. The summed E-state index contributed by atoms with van der Waals surface area (Å²) >= 11 is 4.31. The molecule has 0 bridgehead atoms. The van der Waals surface area contributed by atoms with Gasteiger partial charge in [0.2, 0.25) is 11.8 Å². The van der Waals surface area contributed by atoms with E-state index in [4.69, 9.17) is 4.74 Å². The molecule has 0 spiro atoms. The number of hydrogen-bond donors (Lipinski definition) is 4. The van der Waals surface area contributed by atoms with E-state index in [0.29, 0.717) is 12.0 Å². The molecule has 2 rings (SSSR count). The summed E-state index contributed by atoms with van der Waals surface area (Å²) in [6.07, 6.45) is 2.76. The Morgan fingerprint density at radius 2 is 1.66 bits per heavy atom. The zero-order chi connectivity index (χ0) is 28.1. The van der Waals surface area contributed by atoms with Gasteiger partial charge < -0.3 is 25.4 Å². The number of rotatable bonds is 13. The number of unbranched alkanes of at least 4 members (excludes halogenated alkanes) is 3. The first-order valence-electron chi connectivity index (χ1n) is 13.1. The fourth-order valence-electron chi connectivity index (χ4n) is 3.96. The predicted molar refractivity (Wildman–Crippen MR) is 152 cm³/mol. The van der Waals surface area contributed by atoms with E-state index in [1.54, 1.807) is 39.0 Å². The van der Waals surface area contributed by atoms with Crippen molar-refractivity contribution in [2.24, 2.45) is 0 Å². The van der Waals surface area contributed by atoms with Crippen molar-refractivity contribution in [3.63, 3.8) is 0 Å². The third-order valence-corrected chi connectivity index (χ3v) is 6.17. The van der Waals surface area contributed by atoms with Crippen LogP contribution in [-0.4, -0.2) is 51.9 Å². The van der Waals surface area contributed by atoms with Crippen molar-refractivity contribution in [3.05, 3.63) is 65.7 Å². The molecule has 38 heavy (non-hydrogen) atoms. The molecule has 8 nitrogen and oxygen atoms in total. The van der Waals surface area contributed by atoms with Crippen molar-refractivity contribution in [2.45, 2.75) is 77.6 Å². The maximum Gasteiger partial charge on any atom is 0.408 e. The summed E-state index contributed by atoms with van der Waals surface area (Å²) in [5, 5.41) is 16.2. The molecule has 2 unspecified atom stereocenters. The van der Waals surface area contributed by atoms with Crippen LogP contribution < -0.4 is 10.6 Å². The minimum absolute atomic E-state index is 0.00264. The van der Waals surface area contributed by atoms with Gasteiger partial charge in [0.25, 0.3) is 0 Å². The molecular weight excluding hydrogens is 502 g/mol.